The Morgan fingerprint density at radius 3 is 2.41 bits per heavy atom. The molecule has 4 heteroatoms. The van der Waals surface area contributed by atoms with Gasteiger partial charge in [0.1, 0.15) is 5.75 Å². The quantitative estimate of drug-likeness (QED) is 0.598. The molecule has 1 heterocycles. The van der Waals surface area contributed by atoms with Crippen LogP contribution in [0.1, 0.15) is 30.2 Å². The number of hydrogen-bond donors (Lipinski definition) is 0. The Labute approximate surface area is 171 Å². The van der Waals surface area contributed by atoms with Gasteiger partial charge in [0.05, 0.1) is 29.7 Å². The topological polar surface area (TPSA) is 50.8 Å². The van der Waals surface area contributed by atoms with Crippen molar-refractivity contribution in [2.75, 3.05) is 0 Å². The van der Waals surface area contributed by atoms with E-state index in [1.54, 1.807) is 6.33 Å². The fourth-order valence-corrected chi connectivity index (χ4v) is 3.73. The summed E-state index contributed by atoms with van der Waals surface area (Å²) in [5, 5.41) is 9.89. The van der Waals surface area contributed by atoms with Gasteiger partial charge >= 0.3 is 0 Å². The molecule has 0 spiro atoms. The number of para-hydroxylation sites is 1. The highest BCUT2D eigenvalue weighted by molar-refractivity contribution is 5.44. The maximum atomic E-state index is 9.89. The molecule has 29 heavy (non-hydrogen) atoms. The van der Waals surface area contributed by atoms with Crippen LogP contribution in [0.15, 0.2) is 97.0 Å². The Morgan fingerprint density at radius 2 is 1.79 bits per heavy atom. The van der Waals surface area contributed by atoms with E-state index in [0.717, 1.165) is 22.6 Å². The fraction of sp³-hybridized carbons (Fsp3) is 0.200. The van der Waals surface area contributed by atoms with Gasteiger partial charge in [0.2, 0.25) is 0 Å². The van der Waals surface area contributed by atoms with Gasteiger partial charge in [-0.25, -0.2) is 4.98 Å². The van der Waals surface area contributed by atoms with Crippen molar-refractivity contribution in [3.05, 3.63) is 108 Å². The summed E-state index contributed by atoms with van der Waals surface area (Å²) in [6.07, 6.45) is 9.46. The first-order chi connectivity index (χ1) is 14.1. The van der Waals surface area contributed by atoms with Crippen LogP contribution in [0.3, 0.4) is 0 Å². The predicted octanol–water partition coefficient (Wildman–Crippen LogP) is 5.35. The number of imidazole rings is 1. The van der Waals surface area contributed by atoms with Gasteiger partial charge in [0.25, 0.3) is 0 Å². The molecule has 0 N–H and O–H groups in total. The van der Waals surface area contributed by atoms with Gasteiger partial charge in [-0.3, -0.25) is 0 Å². The highest BCUT2D eigenvalue weighted by atomic mass is 16.5. The Bertz CT molecular complexity index is 1080. The van der Waals surface area contributed by atoms with E-state index in [2.05, 4.69) is 29.3 Å². The van der Waals surface area contributed by atoms with Crippen molar-refractivity contribution in [1.82, 2.24) is 9.55 Å². The van der Waals surface area contributed by atoms with Gasteiger partial charge in [-0.05, 0) is 30.2 Å². The molecule has 0 saturated carbocycles. The standard InChI is InChI=1S/C25H23N3O/c1-25(17-26)14-13-20(15-22(25)19-9-5-3-6-10-19)24(23-16-27-18-28(23)2)29-21-11-7-4-8-12-21/h3-16,18,22,24H,1-2H3. The monoisotopic (exact) mass is 381 g/mol. The van der Waals surface area contributed by atoms with E-state index < -0.39 is 5.41 Å². The van der Waals surface area contributed by atoms with E-state index in [9.17, 15) is 5.26 Å². The third-order valence-corrected chi connectivity index (χ3v) is 5.45. The van der Waals surface area contributed by atoms with Gasteiger partial charge in [-0.2, -0.15) is 5.26 Å². The van der Waals surface area contributed by atoms with Crippen LogP contribution in [-0.2, 0) is 7.05 Å². The second kappa shape index (κ2) is 7.81. The lowest BCUT2D eigenvalue weighted by atomic mass is 9.70. The summed E-state index contributed by atoms with van der Waals surface area (Å²) in [7, 11) is 1.96. The van der Waals surface area contributed by atoms with Crippen LogP contribution in [0.4, 0.5) is 0 Å². The lowest BCUT2D eigenvalue weighted by Crippen LogP contribution is -2.25. The van der Waals surface area contributed by atoms with Crippen molar-refractivity contribution in [2.24, 2.45) is 12.5 Å². The number of rotatable bonds is 5. The summed E-state index contributed by atoms with van der Waals surface area (Å²) in [5.41, 5.74) is 2.47. The zero-order chi connectivity index (χ0) is 20.3. The molecule has 1 aliphatic rings. The van der Waals surface area contributed by atoms with Crippen LogP contribution in [-0.4, -0.2) is 9.55 Å². The van der Waals surface area contributed by atoms with E-state index in [1.807, 2.05) is 85.4 Å². The summed E-state index contributed by atoms with van der Waals surface area (Å²) in [5.74, 6) is 0.724. The van der Waals surface area contributed by atoms with Crippen LogP contribution >= 0.6 is 0 Å². The highest BCUT2D eigenvalue weighted by Crippen LogP contribution is 2.44. The first-order valence-corrected chi connectivity index (χ1v) is 9.66. The molecule has 4 rings (SSSR count). The number of aryl methyl sites for hydroxylation is 1. The third kappa shape index (κ3) is 3.72. The third-order valence-electron chi connectivity index (χ3n) is 5.45. The molecule has 144 valence electrons. The highest BCUT2D eigenvalue weighted by Gasteiger charge is 2.36. The minimum atomic E-state index is -0.616. The average Bonchev–Trinajstić information content (AvgIpc) is 3.19. The number of nitrogens with zero attached hydrogens (tertiary/aromatic N) is 3. The first kappa shape index (κ1) is 18.8. The molecule has 0 radical (unpaired) electrons. The number of aromatic nitrogens is 2. The van der Waals surface area contributed by atoms with Gasteiger partial charge in [0.15, 0.2) is 6.10 Å². The largest absolute Gasteiger partial charge is 0.479 e. The average molecular weight is 381 g/mol. The molecule has 3 unspecified atom stereocenters. The smallest absolute Gasteiger partial charge is 0.165 e. The normalized spacial score (nSPS) is 21.8. The fourth-order valence-electron chi connectivity index (χ4n) is 3.73. The van der Waals surface area contributed by atoms with E-state index in [1.165, 1.54) is 0 Å². The molecular formula is C25H23N3O. The number of allylic oxidation sites excluding steroid dienone is 2. The lowest BCUT2D eigenvalue weighted by Gasteiger charge is -2.33. The summed E-state index contributed by atoms with van der Waals surface area (Å²) >= 11 is 0. The molecule has 3 atom stereocenters. The Kier molecular flexibility index (Phi) is 5.05. The van der Waals surface area contributed by atoms with Gasteiger partial charge in [-0.15, -0.1) is 0 Å². The van der Waals surface area contributed by atoms with Gasteiger partial charge < -0.3 is 9.30 Å². The molecule has 1 aromatic heterocycles. The molecule has 1 aliphatic carbocycles. The van der Waals surface area contributed by atoms with Crippen molar-refractivity contribution in [3.63, 3.8) is 0 Å². The molecule has 2 aromatic carbocycles. The number of nitriles is 1. The summed E-state index contributed by atoms with van der Waals surface area (Å²) < 4.78 is 8.37. The van der Waals surface area contributed by atoms with E-state index >= 15 is 0 Å². The minimum Gasteiger partial charge on any atom is -0.479 e. The van der Waals surface area contributed by atoms with Crippen LogP contribution in [0.5, 0.6) is 5.75 Å². The molecule has 0 bridgehead atoms. The van der Waals surface area contributed by atoms with E-state index in [-0.39, 0.29) is 12.0 Å². The SMILES string of the molecule is Cn1cncc1C(Oc1ccccc1)C1=CC(c2ccccc2)C(C)(C#N)C=C1. The van der Waals surface area contributed by atoms with E-state index in [0.29, 0.717) is 0 Å². The van der Waals surface area contributed by atoms with Crippen LogP contribution in [0.25, 0.3) is 0 Å². The van der Waals surface area contributed by atoms with Crippen LogP contribution in [0, 0.1) is 16.7 Å². The predicted molar refractivity (Wildman–Crippen MR) is 113 cm³/mol. The van der Waals surface area contributed by atoms with Gasteiger partial charge in [0, 0.05) is 13.0 Å². The Balaban J connectivity index is 1.79. The molecule has 4 nitrogen and oxygen atoms in total. The molecule has 0 saturated heterocycles. The Morgan fingerprint density at radius 1 is 1.10 bits per heavy atom. The van der Waals surface area contributed by atoms with E-state index in [4.69, 9.17) is 4.74 Å². The summed E-state index contributed by atoms with van der Waals surface area (Å²) in [6, 6.07) is 22.4. The zero-order valence-electron chi connectivity index (χ0n) is 16.6. The summed E-state index contributed by atoms with van der Waals surface area (Å²) in [6.45, 7) is 1.98. The first-order valence-electron chi connectivity index (χ1n) is 9.66. The molecule has 3 aromatic rings. The van der Waals surface area contributed by atoms with Crippen molar-refractivity contribution < 1.29 is 4.74 Å². The molecule has 0 amide bonds. The van der Waals surface area contributed by atoms with Gasteiger partial charge in [-0.1, -0.05) is 66.8 Å². The van der Waals surface area contributed by atoms with Crippen molar-refractivity contribution in [2.45, 2.75) is 18.9 Å². The second-order valence-electron chi connectivity index (χ2n) is 7.52. The number of hydrogen-bond acceptors (Lipinski definition) is 3. The van der Waals surface area contributed by atoms with Crippen LogP contribution in [0.2, 0.25) is 0 Å². The van der Waals surface area contributed by atoms with Crippen LogP contribution < -0.4 is 4.74 Å². The number of benzene rings is 2. The summed E-state index contributed by atoms with van der Waals surface area (Å²) in [4.78, 5) is 4.28. The van der Waals surface area contributed by atoms with Crippen molar-refractivity contribution in [1.29, 1.82) is 5.26 Å². The second-order valence-corrected chi connectivity index (χ2v) is 7.52. The molecular weight excluding hydrogens is 358 g/mol. The molecule has 0 aliphatic heterocycles. The maximum Gasteiger partial charge on any atom is 0.165 e. The molecule has 0 fully saturated rings. The minimum absolute atomic E-state index is 0.0659. The zero-order valence-corrected chi connectivity index (χ0v) is 16.6. The number of ether oxygens (including phenoxy) is 1. The maximum absolute atomic E-state index is 9.89. The van der Waals surface area contributed by atoms with Crippen molar-refractivity contribution in [3.8, 4) is 11.8 Å². The van der Waals surface area contributed by atoms with Crippen molar-refractivity contribution >= 4 is 0 Å². The Hall–Kier alpha value is -3.58. The lowest BCUT2D eigenvalue weighted by molar-refractivity contribution is 0.235.